The molecule has 0 bridgehead atoms. The molecule has 1 atom stereocenters. The van der Waals surface area contributed by atoms with Gasteiger partial charge in [-0.25, -0.2) is 0 Å². The number of halogens is 1. The Morgan fingerprint density at radius 1 is 1.41 bits per heavy atom. The van der Waals surface area contributed by atoms with Crippen LogP contribution in [-0.2, 0) is 28.9 Å². The lowest BCUT2D eigenvalue weighted by atomic mass is 9.90. The Kier molecular flexibility index (Phi) is 5.93. The van der Waals surface area contributed by atoms with Gasteiger partial charge in [-0.2, -0.15) is 0 Å². The zero-order valence-electron chi connectivity index (χ0n) is 15.6. The first kappa shape index (κ1) is 19.9. The molecule has 0 aliphatic carbocycles. The molecule has 5 nitrogen and oxygen atoms in total. The van der Waals surface area contributed by atoms with Crippen molar-refractivity contribution in [2.75, 3.05) is 14.1 Å². The summed E-state index contributed by atoms with van der Waals surface area (Å²) in [6.07, 6.45) is 3.13. The van der Waals surface area contributed by atoms with Crippen LogP contribution in [0.25, 0.3) is 10.9 Å². The molecule has 7 heteroatoms. The molecule has 144 valence electrons. The topological polar surface area (TPSA) is 65.6 Å². The second-order valence-electron chi connectivity index (χ2n) is 7.26. The first-order valence-electron chi connectivity index (χ1n) is 8.62. The summed E-state index contributed by atoms with van der Waals surface area (Å²) in [5.41, 5.74) is 2.15. The maximum absolute atomic E-state index is 11.2. The van der Waals surface area contributed by atoms with Crippen LogP contribution in [0.3, 0.4) is 0 Å². The number of thiophene rings is 1. The third-order valence-corrected chi connectivity index (χ3v) is 6.06. The van der Waals surface area contributed by atoms with Crippen LogP contribution in [0.15, 0.2) is 34.2 Å². The zero-order valence-corrected chi connectivity index (χ0v) is 18.0. The lowest BCUT2D eigenvalue weighted by Gasteiger charge is -2.27. The fourth-order valence-corrected chi connectivity index (χ4v) is 4.81. The van der Waals surface area contributed by atoms with Gasteiger partial charge in [0.1, 0.15) is 11.4 Å². The Bertz CT molecular complexity index is 937. The number of rotatable bonds is 8. The summed E-state index contributed by atoms with van der Waals surface area (Å²) in [6.45, 7) is 3.07. The second-order valence-corrected chi connectivity index (χ2v) is 9.14. The summed E-state index contributed by atoms with van der Waals surface area (Å²) in [4.78, 5) is 17.6. The molecule has 0 fully saturated rings. The lowest BCUT2D eigenvalue weighted by molar-refractivity contribution is -0.141. The van der Waals surface area contributed by atoms with E-state index in [4.69, 9.17) is 4.74 Å². The molecule has 2 heterocycles. The largest absolute Gasteiger partial charge is 0.506 e. The number of aromatic hydroxyl groups is 1. The number of nitrogens with zero attached hydrogens (tertiary/aromatic N) is 1. The van der Waals surface area contributed by atoms with Gasteiger partial charge in [-0.1, -0.05) is 6.07 Å². The van der Waals surface area contributed by atoms with E-state index < -0.39 is 5.60 Å². The molecule has 0 aliphatic rings. The number of phenols is 1. The van der Waals surface area contributed by atoms with E-state index in [0.717, 1.165) is 22.0 Å². The molecule has 3 rings (SSSR count). The van der Waals surface area contributed by atoms with Crippen molar-refractivity contribution >= 4 is 44.6 Å². The average Bonchev–Trinajstić information content (AvgIpc) is 3.21. The highest BCUT2D eigenvalue weighted by molar-refractivity contribution is 9.10. The van der Waals surface area contributed by atoms with Gasteiger partial charge in [0.2, 0.25) is 0 Å². The molecule has 0 aliphatic heterocycles. The van der Waals surface area contributed by atoms with Crippen LogP contribution >= 0.6 is 27.3 Å². The molecule has 1 unspecified atom stereocenters. The SMILES string of the molecule is CN(C)Cc1c(O)c(Br)cc2[nH]cc(CC(C)(Cc3cccs3)OC=O)c12. The van der Waals surface area contributed by atoms with E-state index in [1.54, 1.807) is 11.3 Å². The minimum Gasteiger partial charge on any atom is -0.506 e. The third kappa shape index (κ3) is 4.36. The predicted molar refractivity (Wildman–Crippen MR) is 112 cm³/mol. The van der Waals surface area contributed by atoms with Crippen LogP contribution in [0.1, 0.15) is 22.9 Å². The number of nitrogens with one attached hydrogen (secondary N) is 1. The number of ether oxygens (including phenoxy) is 1. The highest BCUT2D eigenvalue weighted by Crippen LogP contribution is 2.38. The van der Waals surface area contributed by atoms with Crippen molar-refractivity contribution < 1.29 is 14.6 Å². The van der Waals surface area contributed by atoms with Crippen molar-refractivity contribution in [3.05, 3.63) is 50.3 Å². The van der Waals surface area contributed by atoms with E-state index in [0.29, 0.717) is 30.3 Å². The lowest BCUT2D eigenvalue weighted by Crippen LogP contribution is -2.33. The fourth-order valence-electron chi connectivity index (χ4n) is 3.47. The van der Waals surface area contributed by atoms with Gasteiger partial charge in [0.15, 0.2) is 0 Å². The molecular weight excluding hydrogens is 428 g/mol. The molecule has 2 aromatic heterocycles. The third-order valence-electron chi connectivity index (χ3n) is 4.58. The number of hydrogen-bond acceptors (Lipinski definition) is 5. The Hall–Kier alpha value is -1.83. The number of hydrogen-bond donors (Lipinski definition) is 2. The van der Waals surface area contributed by atoms with Crippen LogP contribution in [0.5, 0.6) is 5.75 Å². The normalized spacial score (nSPS) is 13.8. The number of H-pyrrole nitrogens is 1. The summed E-state index contributed by atoms with van der Waals surface area (Å²) < 4.78 is 6.19. The predicted octanol–water partition coefficient (Wildman–Crippen LogP) is 4.48. The number of phenolic OH excluding ortho intramolecular Hbond substituents is 1. The first-order valence-corrected chi connectivity index (χ1v) is 10.3. The Labute approximate surface area is 171 Å². The van der Waals surface area contributed by atoms with Gasteiger partial charge in [-0.15, -0.1) is 11.3 Å². The van der Waals surface area contributed by atoms with Crippen molar-refractivity contribution in [2.24, 2.45) is 0 Å². The van der Waals surface area contributed by atoms with Crippen molar-refractivity contribution in [1.29, 1.82) is 0 Å². The highest BCUT2D eigenvalue weighted by atomic mass is 79.9. The van der Waals surface area contributed by atoms with Gasteiger partial charge >= 0.3 is 0 Å². The van der Waals surface area contributed by atoms with Gasteiger partial charge in [-0.3, -0.25) is 4.79 Å². The number of carbonyl (C=O) groups excluding carboxylic acids is 1. The number of aromatic amines is 1. The molecule has 0 spiro atoms. The molecule has 3 aromatic rings. The minimum absolute atomic E-state index is 0.244. The second kappa shape index (κ2) is 8.04. The van der Waals surface area contributed by atoms with Crippen LogP contribution in [0, 0.1) is 0 Å². The maximum Gasteiger partial charge on any atom is 0.293 e. The quantitative estimate of drug-likeness (QED) is 0.496. The number of carbonyl (C=O) groups is 1. The summed E-state index contributed by atoms with van der Waals surface area (Å²) in [5.74, 6) is 0.244. The smallest absolute Gasteiger partial charge is 0.293 e. The highest BCUT2D eigenvalue weighted by Gasteiger charge is 2.29. The Balaban J connectivity index is 2.04. The minimum atomic E-state index is -0.667. The monoisotopic (exact) mass is 450 g/mol. The van der Waals surface area contributed by atoms with E-state index in [1.807, 2.05) is 55.7 Å². The molecule has 0 saturated heterocycles. The summed E-state index contributed by atoms with van der Waals surface area (Å²) in [7, 11) is 3.93. The van der Waals surface area contributed by atoms with E-state index in [2.05, 4.69) is 20.9 Å². The van der Waals surface area contributed by atoms with Crippen LogP contribution in [0.2, 0.25) is 0 Å². The van der Waals surface area contributed by atoms with Gasteiger partial charge < -0.3 is 19.7 Å². The standard InChI is InChI=1S/C20H23BrN2O3S/c1-20(26-12-24,9-14-5-4-6-27-14)8-13-10-22-17-7-16(21)19(25)15(18(13)17)11-23(2)3/h4-7,10,12,22,25H,8-9,11H2,1-3H3. The Morgan fingerprint density at radius 3 is 2.81 bits per heavy atom. The number of fused-ring (bicyclic) bond motifs is 1. The zero-order chi connectivity index (χ0) is 19.6. The maximum atomic E-state index is 11.2. The van der Waals surface area contributed by atoms with Gasteiger partial charge in [-0.05, 0) is 60.0 Å². The van der Waals surface area contributed by atoms with Crippen molar-refractivity contribution in [3.63, 3.8) is 0 Å². The first-order chi connectivity index (χ1) is 12.8. The van der Waals surface area contributed by atoms with E-state index in [-0.39, 0.29) is 5.75 Å². The van der Waals surface area contributed by atoms with Crippen LogP contribution < -0.4 is 0 Å². The van der Waals surface area contributed by atoms with Crippen molar-refractivity contribution in [3.8, 4) is 5.75 Å². The van der Waals surface area contributed by atoms with E-state index >= 15 is 0 Å². The van der Waals surface area contributed by atoms with Gasteiger partial charge in [0.05, 0.1) is 4.47 Å². The van der Waals surface area contributed by atoms with E-state index in [9.17, 15) is 9.90 Å². The number of aromatic nitrogens is 1. The van der Waals surface area contributed by atoms with Crippen LogP contribution in [0.4, 0.5) is 0 Å². The Morgan fingerprint density at radius 2 is 2.19 bits per heavy atom. The summed E-state index contributed by atoms with van der Waals surface area (Å²) in [5, 5.41) is 13.6. The number of benzene rings is 1. The molecule has 0 radical (unpaired) electrons. The molecule has 0 saturated carbocycles. The molecule has 27 heavy (non-hydrogen) atoms. The van der Waals surface area contributed by atoms with Gasteiger partial charge in [0.25, 0.3) is 6.47 Å². The molecule has 0 amide bonds. The molecule has 2 N–H and O–H groups in total. The van der Waals surface area contributed by atoms with Gasteiger partial charge in [0, 0.05) is 46.9 Å². The fraction of sp³-hybridized carbons (Fsp3) is 0.350. The summed E-state index contributed by atoms with van der Waals surface area (Å²) in [6, 6.07) is 5.93. The molecule has 1 aromatic carbocycles. The molecular formula is C20H23BrN2O3S. The summed E-state index contributed by atoms with van der Waals surface area (Å²) >= 11 is 5.09. The van der Waals surface area contributed by atoms with Crippen molar-refractivity contribution in [1.82, 2.24) is 9.88 Å². The van der Waals surface area contributed by atoms with E-state index in [1.165, 1.54) is 4.88 Å². The van der Waals surface area contributed by atoms with Crippen LogP contribution in [-0.4, -0.2) is 41.2 Å². The average molecular weight is 451 g/mol. The van der Waals surface area contributed by atoms with Crippen molar-refractivity contribution in [2.45, 2.75) is 31.9 Å².